The fourth-order valence-electron chi connectivity index (χ4n) is 7.04. The van der Waals surface area contributed by atoms with Gasteiger partial charge >= 0.3 is 0 Å². The molecule has 2 N–H and O–H groups in total. The van der Waals surface area contributed by atoms with Gasteiger partial charge in [-0.15, -0.1) is 0 Å². The van der Waals surface area contributed by atoms with E-state index in [4.69, 9.17) is 0 Å². The lowest BCUT2D eigenvalue weighted by atomic mass is 9.69. The van der Waals surface area contributed by atoms with Crippen molar-refractivity contribution >= 4 is 27.3 Å². The lowest BCUT2D eigenvalue weighted by Gasteiger charge is -2.56. The highest BCUT2D eigenvalue weighted by atomic mass is 32.2. The van der Waals surface area contributed by atoms with Gasteiger partial charge in [-0.25, -0.2) is 8.42 Å². The van der Waals surface area contributed by atoms with Crippen molar-refractivity contribution in [2.75, 3.05) is 23.5 Å². The summed E-state index contributed by atoms with van der Waals surface area (Å²) in [6, 6.07) is 7.66. The molecule has 7 heteroatoms. The van der Waals surface area contributed by atoms with E-state index in [9.17, 15) is 13.5 Å². The molecule has 4 fully saturated rings. The molecule has 1 aliphatic carbocycles. The Bertz CT molecular complexity index is 894. The zero-order valence-corrected chi connectivity index (χ0v) is 20.8. The molecular formula is C25H38N2O3S2. The maximum atomic E-state index is 12.0. The molecule has 1 aromatic carbocycles. The minimum atomic E-state index is -3.20. The summed E-state index contributed by atoms with van der Waals surface area (Å²) < 4.78 is 24.0. The number of benzene rings is 1. The molecule has 1 aromatic rings. The summed E-state index contributed by atoms with van der Waals surface area (Å²) in [7, 11) is -3.20. The molecular weight excluding hydrogens is 440 g/mol. The summed E-state index contributed by atoms with van der Waals surface area (Å²) in [6.45, 7) is 0.993. The predicted octanol–water partition coefficient (Wildman–Crippen LogP) is 4.20. The topological polar surface area (TPSA) is 69.6 Å². The van der Waals surface area contributed by atoms with E-state index < -0.39 is 9.84 Å². The largest absolute Gasteiger partial charge is 0.390 e. The van der Waals surface area contributed by atoms with Crippen LogP contribution in [0, 0.1) is 11.8 Å². The average Bonchev–Trinajstić information content (AvgIpc) is 3.47. The Morgan fingerprint density at radius 1 is 1.00 bits per heavy atom. The van der Waals surface area contributed by atoms with E-state index in [-0.39, 0.29) is 17.8 Å². The van der Waals surface area contributed by atoms with Crippen molar-refractivity contribution in [1.29, 1.82) is 0 Å². The molecule has 3 aliphatic heterocycles. The molecule has 0 aromatic heterocycles. The van der Waals surface area contributed by atoms with Crippen molar-refractivity contribution in [2.45, 2.75) is 92.2 Å². The number of hydrogen-bond donors (Lipinski definition) is 2. The molecule has 1 saturated carbocycles. The molecule has 0 bridgehead atoms. The minimum Gasteiger partial charge on any atom is -0.390 e. The molecule has 0 radical (unpaired) electrons. The number of rotatable bonds is 5. The molecule has 5 atom stereocenters. The van der Waals surface area contributed by atoms with Gasteiger partial charge in [0.1, 0.15) is 0 Å². The van der Waals surface area contributed by atoms with Crippen molar-refractivity contribution in [2.24, 2.45) is 11.8 Å². The molecule has 4 unspecified atom stereocenters. The van der Waals surface area contributed by atoms with E-state index in [1.807, 2.05) is 23.9 Å². The summed E-state index contributed by atoms with van der Waals surface area (Å²) in [5.41, 5.74) is 0.989. The third kappa shape index (κ3) is 4.12. The maximum Gasteiger partial charge on any atom is 0.175 e. The number of fused-ring (bicyclic) bond motifs is 1. The minimum absolute atomic E-state index is 0.125. The van der Waals surface area contributed by atoms with Gasteiger partial charge in [0.15, 0.2) is 9.84 Å². The van der Waals surface area contributed by atoms with Gasteiger partial charge < -0.3 is 10.0 Å². The number of anilines is 1. The second-order valence-corrected chi connectivity index (χ2v) is 13.8. The van der Waals surface area contributed by atoms with E-state index >= 15 is 0 Å². The number of aliphatic hydroxyl groups excluding tert-OH is 1. The second-order valence-electron chi connectivity index (χ2n) is 10.4. The van der Waals surface area contributed by atoms with Gasteiger partial charge in [-0.2, -0.15) is 11.8 Å². The Kier molecular flexibility index (Phi) is 6.56. The van der Waals surface area contributed by atoms with Gasteiger partial charge in [0.2, 0.25) is 0 Å². The average molecular weight is 479 g/mol. The number of nitrogens with zero attached hydrogens (tertiary/aromatic N) is 1. The fourth-order valence-corrected chi connectivity index (χ4v) is 9.02. The second kappa shape index (κ2) is 9.12. The number of hydrogen-bond acceptors (Lipinski definition) is 6. The van der Waals surface area contributed by atoms with E-state index in [1.54, 1.807) is 12.1 Å². The summed E-state index contributed by atoms with van der Waals surface area (Å²) in [4.78, 5) is 2.94. The Morgan fingerprint density at radius 2 is 1.72 bits per heavy atom. The number of aliphatic hydroxyl groups is 1. The van der Waals surface area contributed by atoms with E-state index in [2.05, 4.69) is 10.2 Å². The SMILES string of the molecule is CS(=O)(=O)c1ccc(N2CCC3CCC([C@H](O)C4CCCS4)NC32C2CCCCC2)cc1. The third-order valence-electron chi connectivity index (χ3n) is 8.58. The number of nitrogens with one attached hydrogen (secondary N) is 1. The van der Waals surface area contributed by atoms with Crippen LogP contribution in [-0.2, 0) is 9.84 Å². The molecule has 32 heavy (non-hydrogen) atoms. The van der Waals surface area contributed by atoms with Gasteiger partial charge in [0, 0.05) is 29.8 Å². The number of piperidine rings is 1. The van der Waals surface area contributed by atoms with E-state index in [0.717, 1.165) is 25.1 Å². The highest BCUT2D eigenvalue weighted by molar-refractivity contribution is 8.00. The number of thioether (sulfide) groups is 1. The van der Waals surface area contributed by atoms with Crippen LogP contribution in [0.5, 0.6) is 0 Å². The van der Waals surface area contributed by atoms with Gasteiger partial charge in [-0.05, 0) is 86.8 Å². The fraction of sp³-hybridized carbons (Fsp3) is 0.760. The van der Waals surface area contributed by atoms with E-state index in [1.165, 1.54) is 63.4 Å². The van der Waals surface area contributed by atoms with Crippen LogP contribution in [0.15, 0.2) is 29.2 Å². The lowest BCUT2D eigenvalue weighted by Crippen LogP contribution is -2.70. The molecule has 0 amide bonds. The van der Waals surface area contributed by atoms with Crippen LogP contribution in [0.25, 0.3) is 0 Å². The Morgan fingerprint density at radius 3 is 2.38 bits per heavy atom. The zero-order valence-electron chi connectivity index (χ0n) is 19.2. The van der Waals surface area contributed by atoms with Gasteiger partial charge in [0.05, 0.1) is 16.7 Å². The van der Waals surface area contributed by atoms with E-state index in [0.29, 0.717) is 22.0 Å². The molecule has 3 saturated heterocycles. The van der Waals surface area contributed by atoms with Gasteiger partial charge in [0.25, 0.3) is 0 Å². The molecule has 4 aliphatic rings. The van der Waals surface area contributed by atoms with Crippen LogP contribution < -0.4 is 10.2 Å². The monoisotopic (exact) mass is 478 g/mol. The Balaban J connectivity index is 1.48. The first kappa shape index (κ1) is 23.0. The summed E-state index contributed by atoms with van der Waals surface area (Å²) >= 11 is 1.94. The summed E-state index contributed by atoms with van der Waals surface area (Å²) in [5.74, 6) is 2.33. The standard InChI is InChI=1S/C25H38N2O3S2/c1-32(29,30)21-12-10-20(11-13-21)27-16-15-19-9-14-22(24(28)23-8-5-17-31-23)26-25(19,27)18-6-3-2-4-7-18/h10-13,18-19,22-24,26,28H,2-9,14-17H2,1H3/t19?,22?,23?,24-,25?/m0/s1. The first-order valence-electron chi connectivity index (χ1n) is 12.5. The van der Waals surface area contributed by atoms with Gasteiger partial charge in [-0.3, -0.25) is 5.32 Å². The predicted molar refractivity (Wildman–Crippen MR) is 132 cm³/mol. The lowest BCUT2D eigenvalue weighted by molar-refractivity contribution is 0.0174. The first-order valence-corrected chi connectivity index (χ1v) is 15.5. The van der Waals surface area contributed by atoms with Crippen molar-refractivity contribution in [3.8, 4) is 0 Å². The highest BCUT2D eigenvalue weighted by Gasteiger charge is 2.57. The highest BCUT2D eigenvalue weighted by Crippen LogP contribution is 2.51. The summed E-state index contributed by atoms with van der Waals surface area (Å²) in [5, 5.41) is 15.8. The molecule has 178 valence electrons. The zero-order chi connectivity index (χ0) is 22.3. The number of sulfone groups is 1. The first-order chi connectivity index (χ1) is 15.4. The smallest absolute Gasteiger partial charge is 0.175 e. The molecule has 5 rings (SSSR count). The Labute approximate surface area is 197 Å². The van der Waals surface area contributed by atoms with Gasteiger partial charge in [-0.1, -0.05) is 19.3 Å². The van der Waals surface area contributed by atoms with Crippen molar-refractivity contribution < 1.29 is 13.5 Å². The van der Waals surface area contributed by atoms with Crippen LogP contribution in [-0.4, -0.2) is 55.1 Å². The third-order valence-corrected chi connectivity index (χ3v) is 11.2. The maximum absolute atomic E-state index is 12.0. The van der Waals surface area contributed by atoms with Crippen LogP contribution in [0.3, 0.4) is 0 Å². The van der Waals surface area contributed by atoms with Crippen LogP contribution in [0.4, 0.5) is 5.69 Å². The van der Waals surface area contributed by atoms with Crippen molar-refractivity contribution in [1.82, 2.24) is 5.32 Å². The molecule has 3 heterocycles. The van der Waals surface area contributed by atoms with Crippen LogP contribution >= 0.6 is 11.8 Å². The van der Waals surface area contributed by atoms with Crippen molar-refractivity contribution in [3.05, 3.63) is 24.3 Å². The van der Waals surface area contributed by atoms with Crippen molar-refractivity contribution in [3.63, 3.8) is 0 Å². The summed E-state index contributed by atoms with van der Waals surface area (Å²) in [6.07, 6.45) is 13.1. The van der Waals surface area contributed by atoms with Crippen LogP contribution in [0.1, 0.15) is 64.2 Å². The Hall–Kier alpha value is -0.760. The quantitative estimate of drug-likeness (QED) is 0.661. The molecule has 0 spiro atoms. The normalized spacial score (nSPS) is 35.1. The van der Waals surface area contributed by atoms with Crippen LogP contribution in [0.2, 0.25) is 0 Å². The molecule has 5 nitrogen and oxygen atoms in total.